The number of amides is 1. The summed E-state index contributed by atoms with van der Waals surface area (Å²) < 4.78 is 13.9. The van der Waals surface area contributed by atoms with Gasteiger partial charge < -0.3 is 9.47 Å². The Balaban J connectivity index is 1.95. The fourth-order valence-electron chi connectivity index (χ4n) is 3.16. The summed E-state index contributed by atoms with van der Waals surface area (Å²) in [6.07, 6.45) is 4.33. The van der Waals surface area contributed by atoms with Gasteiger partial charge in [0.2, 0.25) is 0 Å². The molecule has 0 bridgehead atoms. The second-order valence-corrected chi connectivity index (χ2v) is 9.70. The van der Waals surface area contributed by atoms with Gasteiger partial charge in [-0.05, 0) is 84.3 Å². The molecule has 0 radical (unpaired) electrons. The predicted octanol–water partition coefficient (Wildman–Crippen LogP) is 6.22. The molecule has 4 nitrogen and oxygen atoms in total. The lowest BCUT2D eigenvalue weighted by molar-refractivity contribution is -0.121. The smallest absolute Gasteiger partial charge is 0.266 e. The van der Waals surface area contributed by atoms with E-state index in [2.05, 4.69) is 53.4 Å². The average molecular weight is 565 g/mol. The fraction of sp³-hybridized carbons (Fsp3) is 0.250. The van der Waals surface area contributed by atoms with Crippen molar-refractivity contribution in [2.45, 2.75) is 26.9 Å². The number of nitrogens with zero attached hydrogens (tertiary/aromatic N) is 1. The Morgan fingerprint density at radius 2 is 1.94 bits per heavy atom. The topological polar surface area (TPSA) is 38.8 Å². The molecule has 1 amide bonds. The highest BCUT2D eigenvalue weighted by atomic mass is 127. The first-order valence-corrected chi connectivity index (χ1v) is 12.3. The fourth-order valence-corrected chi connectivity index (χ4v) is 4.90. The van der Waals surface area contributed by atoms with E-state index in [4.69, 9.17) is 21.7 Å². The average Bonchev–Trinajstić information content (AvgIpc) is 3.01. The number of benzene rings is 2. The molecule has 0 atom stereocenters. The van der Waals surface area contributed by atoms with Gasteiger partial charge in [0, 0.05) is 15.7 Å². The molecular formula is C24H24INO3S2. The van der Waals surface area contributed by atoms with Gasteiger partial charge in [0.1, 0.15) is 10.9 Å². The summed E-state index contributed by atoms with van der Waals surface area (Å²) in [6.45, 7) is 9.26. The van der Waals surface area contributed by atoms with Crippen molar-refractivity contribution in [3.05, 3.63) is 74.2 Å². The third-order valence-corrected chi connectivity index (χ3v) is 6.70. The van der Waals surface area contributed by atoms with E-state index in [1.54, 1.807) is 4.90 Å². The van der Waals surface area contributed by atoms with E-state index in [1.807, 2.05) is 38.1 Å². The van der Waals surface area contributed by atoms with Gasteiger partial charge in [-0.2, -0.15) is 0 Å². The quantitative estimate of drug-likeness (QED) is 0.156. The number of hydrogen-bond donors (Lipinski definition) is 0. The molecule has 1 heterocycles. The number of allylic oxidation sites excluding steroid dienone is 1. The molecule has 3 rings (SSSR count). The summed E-state index contributed by atoms with van der Waals surface area (Å²) in [6, 6.07) is 12.2. The lowest BCUT2D eigenvalue weighted by atomic mass is 10.0. The number of thioether (sulfide) groups is 1. The van der Waals surface area contributed by atoms with E-state index in [-0.39, 0.29) is 5.91 Å². The molecule has 1 aliphatic rings. The Hall–Kier alpha value is -1.84. The number of likely N-dealkylation sites (N-methyl/N-ethyl adjacent to an activating group) is 1. The number of halogens is 1. The standard InChI is InChI=1S/C24H24INO3S2/c1-4-7-18-12-17(14-21-23(27)26(5-2)24(30)31-21)13-20(28-6-3)22(18)29-15-16-8-10-19(25)11-9-16/h4,8-14H,1,5-7,15H2,2-3H3/b21-14-. The Labute approximate surface area is 206 Å². The van der Waals surface area contributed by atoms with Crippen LogP contribution < -0.4 is 9.47 Å². The van der Waals surface area contributed by atoms with E-state index in [9.17, 15) is 4.79 Å². The first-order chi connectivity index (χ1) is 15.0. The minimum atomic E-state index is -0.0558. The minimum Gasteiger partial charge on any atom is -0.490 e. The number of hydrogen-bond acceptors (Lipinski definition) is 5. The van der Waals surface area contributed by atoms with Crippen LogP contribution in [0.4, 0.5) is 0 Å². The highest BCUT2D eigenvalue weighted by molar-refractivity contribution is 14.1. The maximum atomic E-state index is 12.6. The Bertz CT molecular complexity index is 1020. The van der Waals surface area contributed by atoms with Crippen molar-refractivity contribution < 1.29 is 14.3 Å². The van der Waals surface area contributed by atoms with Gasteiger partial charge >= 0.3 is 0 Å². The summed E-state index contributed by atoms with van der Waals surface area (Å²) in [7, 11) is 0. The molecule has 0 saturated carbocycles. The molecule has 0 spiro atoms. The molecule has 162 valence electrons. The monoisotopic (exact) mass is 565 g/mol. The first kappa shape index (κ1) is 23.8. The van der Waals surface area contributed by atoms with E-state index < -0.39 is 0 Å². The number of thiocarbonyl (C=S) groups is 1. The molecule has 1 saturated heterocycles. The summed E-state index contributed by atoms with van der Waals surface area (Å²) in [5.74, 6) is 1.31. The Morgan fingerprint density at radius 3 is 2.55 bits per heavy atom. The summed E-state index contributed by atoms with van der Waals surface area (Å²) in [5.41, 5.74) is 2.92. The van der Waals surface area contributed by atoms with Crippen molar-refractivity contribution in [1.82, 2.24) is 4.90 Å². The lowest BCUT2D eigenvalue weighted by Gasteiger charge is -2.17. The highest BCUT2D eigenvalue weighted by Gasteiger charge is 2.30. The van der Waals surface area contributed by atoms with Crippen LogP contribution in [0.3, 0.4) is 0 Å². The van der Waals surface area contributed by atoms with Crippen molar-refractivity contribution >= 4 is 62.9 Å². The number of rotatable bonds is 9. The second kappa shape index (κ2) is 11.2. The molecule has 1 aliphatic heterocycles. The van der Waals surface area contributed by atoms with Gasteiger partial charge in [-0.1, -0.05) is 42.2 Å². The van der Waals surface area contributed by atoms with Crippen LogP contribution in [-0.4, -0.2) is 28.3 Å². The second-order valence-electron chi connectivity index (χ2n) is 6.77. The zero-order valence-corrected chi connectivity index (χ0v) is 21.3. The molecule has 0 aliphatic carbocycles. The molecular weight excluding hydrogens is 541 g/mol. The van der Waals surface area contributed by atoms with E-state index in [0.29, 0.717) is 46.9 Å². The van der Waals surface area contributed by atoms with Crippen LogP contribution in [0.15, 0.2) is 54.0 Å². The third-order valence-electron chi connectivity index (χ3n) is 4.60. The number of ether oxygens (including phenoxy) is 2. The van der Waals surface area contributed by atoms with Crippen LogP contribution in [-0.2, 0) is 17.8 Å². The van der Waals surface area contributed by atoms with Crippen molar-refractivity contribution in [2.24, 2.45) is 0 Å². The van der Waals surface area contributed by atoms with Crippen molar-refractivity contribution in [2.75, 3.05) is 13.2 Å². The summed E-state index contributed by atoms with van der Waals surface area (Å²) in [4.78, 5) is 14.8. The zero-order valence-electron chi connectivity index (χ0n) is 17.5. The molecule has 0 N–H and O–H groups in total. The van der Waals surface area contributed by atoms with Crippen LogP contribution >= 0.6 is 46.6 Å². The molecule has 0 unspecified atom stereocenters. The maximum Gasteiger partial charge on any atom is 0.266 e. The largest absolute Gasteiger partial charge is 0.490 e. The Morgan fingerprint density at radius 1 is 1.19 bits per heavy atom. The maximum absolute atomic E-state index is 12.6. The highest BCUT2D eigenvalue weighted by Crippen LogP contribution is 2.37. The van der Waals surface area contributed by atoms with Gasteiger partial charge in [-0.25, -0.2) is 0 Å². The molecule has 2 aromatic carbocycles. The number of carbonyl (C=O) groups is 1. The van der Waals surface area contributed by atoms with E-state index in [0.717, 1.165) is 16.7 Å². The van der Waals surface area contributed by atoms with Crippen LogP contribution in [0.1, 0.15) is 30.5 Å². The molecule has 0 aromatic heterocycles. The van der Waals surface area contributed by atoms with Crippen molar-refractivity contribution in [3.8, 4) is 11.5 Å². The van der Waals surface area contributed by atoms with Gasteiger partial charge in [0.15, 0.2) is 11.5 Å². The number of carbonyl (C=O) groups excluding carboxylic acids is 1. The van der Waals surface area contributed by atoms with Gasteiger partial charge in [0.25, 0.3) is 5.91 Å². The zero-order chi connectivity index (χ0) is 22.4. The van der Waals surface area contributed by atoms with Crippen LogP contribution in [0.25, 0.3) is 6.08 Å². The SMILES string of the molecule is C=CCc1cc(/C=C2\SC(=S)N(CC)C2=O)cc(OCC)c1OCc1ccc(I)cc1. The summed E-state index contributed by atoms with van der Waals surface area (Å²) in [5, 5.41) is 0. The van der Waals surface area contributed by atoms with Crippen LogP contribution in [0, 0.1) is 3.57 Å². The molecule has 31 heavy (non-hydrogen) atoms. The van der Waals surface area contributed by atoms with E-state index in [1.165, 1.54) is 15.3 Å². The third kappa shape index (κ3) is 5.90. The molecule has 2 aromatic rings. The normalized spacial score (nSPS) is 14.9. The van der Waals surface area contributed by atoms with Crippen LogP contribution in [0.5, 0.6) is 11.5 Å². The van der Waals surface area contributed by atoms with Crippen molar-refractivity contribution in [3.63, 3.8) is 0 Å². The molecule has 7 heteroatoms. The predicted molar refractivity (Wildman–Crippen MR) is 141 cm³/mol. The van der Waals surface area contributed by atoms with Crippen molar-refractivity contribution in [1.29, 1.82) is 0 Å². The van der Waals surface area contributed by atoms with Gasteiger partial charge in [-0.15, -0.1) is 6.58 Å². The van der Waals surface area contributed by atoms with Gasteiger partial charge in [0.05, 0.1) is 11.5 Å². The Kier molecular flexibility index (Phi) is 8.57. The minimum absolute atomic E-state index is 0.0558. The van der Waals surface area contributed by atoms with Gasteiger partial charge in [-0.3, -0.25) is 9.69 Å². The van der Waals surface area contributed by atoms with Crippen LogP contribution in [0.2, 0.25) is 0 Å². The lowest BCUT2D eigenvalue weighted by Crippen LogP contribution is -2.27. The van der Waals surface area contributed by atoms with E-state index >= 15 is 0 Å². The first-order valence-electron chi connectivity index (χ1n) is 10.00. The molecule has 1 fully saturated rings. The summed E-state index contributed by atoms with van der Waals surface area (Å²) >= 11 is 8.94.